The van der Waals surface area contributed by atoms with Crippen molar-refractivity contribution in [2.75, 3.05) is 17.3 Å². The molecule has 0 aliphatic rings. The van der Waals surface area contributed by atoms with Crippen molar-refractivity contribution in [3.05, 3.63) is 34.4 Å². The molecule has 0 aliphatic heterocycles. The van der Waals surface area contributed by atoms with Crippen LogP contribution in [0.25, 0.3) is 0 Å². The van der Waals surface area contributed by atoms with Crippen molar-refractivity contribution in [3.8, 4) is 0 Å². The summed E-state index contributed by atoms with van der Waals surface area (Å²) < 4.78 is 0. The highest BCUT2D eigenvalue weighted by molar-refractivity contribution is 7.98. The third-order valence-corrected chi connectivity index (χ3v) is 3.21. The molecule has 3 amide bonds. The van der Waals surface area contributed by atoms with Crippen LogP contribution in [0.15, 0.2) is 24.3 Å². The number of urea groups is 1. The number of nitro groups is 1. The van der Waals surface area contributed by atoms with Gasteiger partial charge in [0.15, 0.2) is 0 Å². The Morgan fingerprint density at radius 2 is 2.19 bits per heavy atom. The van der Waals surface area contributed by atoms with Crippen LogP contribution in [0, 0.1) is 10.1 Å². The number of carbonyl (C=O) groups excluding carboxylic acids is 2. The fourth-order valence-corrected chi connectivity index (χ4v) is 2.07. The second kappa shape index (κ2) is 8.10. The van der Waals surface area contributed by atoms with Crippen molar-refractivity contribution in [1.82, 2.24) is 5.32 Å². The fourth-order valence-electron chi connectivity index (χ4n) is 1.60. The summed E-state index contributed by atoms with van der Waals surface area (Å²) >= 11 is 1.53. The predicted octanol–water partition coefficient (Wildman–Crippen LogP) is 1.32. The van der Waals surface area contributed by atoms with E-state index < -0.39 is 22.9 Å². The molecule has 0 aromatic heterocycles. The Balaban J connectivity index is 2.77. The highest BCUT2D eigenvalue weighted by Gasteiger charge is 2.20. The van der Waals surface area contributed by atoms with Gasteiger partial charge < -0.3 is 16.4 Å². The van der Waals surface area contributed by atoms with E-state index in [4.69, 9.17) is 5.73 Å². The van der Waals surface area contributed by atoms with Crippen LogP contribution in [-0.4, -0.2) is 34.9 Å². The molecule has 0 bridgehead atoms. The molecule has 114 valence electrons. The highest BCUT2D eigenvalue weighted by Crippen LogP contribution is 2.17. The van der Waals surface area contributed by atoms with E-state index in [1.165, 1.54) is 36.0 Å². The zero-order chi connectivity index (χ0) is 15.8. The van der Waals surface area contributed by atoms with Crippen molar-refractivity contribution >= 4 is 35.1 Å². The van der Waals surface area contributed by atoms with Crippen LogP contribution in [-0.2, 0) is 4.79 Å². The van der Waals surface area contributed by atoms with Gasteiger partial charge in [-0.05, 0) is 24.5 Å². The van der Waals surface area contributed by atoms with Gasteiger partial charge in [0.2, 0.25) is 5.91 Å². The summed E-state index contributed by atoms with van der Waals surface area (Å²) in [6, 6.07) is 3.98. The lowest BCUT2D eigenvalue weighted by Crippen LogP contribution is -2.46. The number of nitro benzene ring substituents is 1. The van der Waals surface area contributed by atoms with Gasteiger partial charge in [0.1, 0.15) is 6.04 Å². The number of hydrogen-bond donors (Lipinski definition) is 3. The number of benzene rings is 1. The molecule has 0 unspecified atom stereocenters. The van der Waals surface area contributed by atoms with Gasteiger partial charge in [-0.25, -0.2) is 4.79 Å². The smallest absolute Gasteiger partial charge is 0.312 e. The molecule has 0 aliphatic carbocycles. The molecule has 0 heterocycles. The third kappa shape index (κ3) is 5.69. The maximum Gasteiger partial charge on any atom is 0.312 e. The third-order valence-electron chi connectivity index (χ3n) is 2.57. The number of nitrogens with one attached hydrogen (secondary N) is 2. The van der Waals surface area contributed by atoms with Crippen LogP contribution in [0.5, 0.6) is 0 Å². The van der Waals surface area contributed by atoms with E-state index in [1.807, 2.05) is 6.26 Å². The van der Waals surface area contributed by atoms with Crippen molar-refractivity contribution in [2.45, 2.75) is 12.5 Å². The second-order valence-electron chi connectivity index (χ2n) is 4.14. The normalized spacial score (nSPS) is 11.5. The summed E-state index contributed by atoms with van der Waals surface area (Å²) in [5, 5.41) is 15.6. The molecule has 0 spiro atoms. The first-order valence-electron chi connectivity index (χ1n) is 6.04. The minimum absolute atomic E-state index is 0.128. The lowest BCUT2D eigenvalue weighted by atomic mass is 10.2. The number of nitrogens with two attached hydrogens (primary N) is 1. The maximum absolute atomic E-state index is 12.1. The minimum Gasteiger partial charge on any atom is -0.352 e. The Hall–Kier alpha value is -2.29. The largest absolute Gasteiger partial charge is 0.352 e. The summed E-state index contributed by atoms with van der Waals surface area (Å²) in [6.07, 6.45) is 2.28. The van der Waals surface area contributed by atoms with Gasteiger partial charge in [-0.15, -0.1) is 0 Å². The van der Waals surface area contributed by atoms with Gasteiger partial charge in [0, 0.05) is 17.8 Å². The number of amides is 3. The van der Waals surface area contributed by atoms with Gasteiger partial charge >= 0.3 is 6.03 Å². The number of nitrogens with zero attached hydrogens (tertiary/aromatic N) is 1. The number of hydrogen-bond acceptors (Lipinski definition) is 5. The molecule has 8 nitrogen and oxygen atoms in total. The summed E-state index contributed by atoms with van der Waals surface area (Å²) in [5.41, 5.74) is 5.19. The molecule has 1 atom stereocenters. The van der Waals surface area contributed by atoms with Crippen LogP contribution >= 0.6 is 11.8 Å². The zero-order valence-electron chi connectivity index (χ0n) is 11.4. The zero-order valence-corrected chi connectivity index (χ0v) is 12.2. The van der Waals surface area contributed by atoms with Gasteiger partial charge in [-0.1, -0.05) is 6.07 Å². The molecule has 9 heteroatoms. The number of rotatable bonds is 7. The SMILES string of the molecule is CSCC[C@H](NC(N)=O)C(=O)Nc1cccc([N+](=O)[O-])c1. The average molecular weight is 312 g/mol. The second-order valence-corrected chi connectivity index (χ2v) is 5.12. The van der Waals surface area contributed by atoms with Gasteiger partial charge in [0.25, 0.3) is 5.69 Å². The fraction of sp³-hybridized carbons (Fsp3) is 0.333. The number of carbonyl (C=O) groups is 2. The molecule has 1 aromatic rings. The first kappa shape index (κ1) is 16.8. The van der Waals surface area contributed by atoms with E-state index in [-0.39, 0.29) is 11.4 Å². The van der Waals surface area contributed by atoms with Gasteiger partial charge in [-0.2, -0.15) is 11.8 Å². The van der Waals surface area contributed by atoms with E-state index in [1.54, 1.807) is 0 Å². The van der Waals surface area contributed by atoms with Crippen LogP contribution in [0.1, 0.15) is 6.42 Å². The Bertz CT molecular complexity index is 538. The molecule has 1 aromatic carbocycles. The van der Waals surface area contributed by atoms with Crippen LogP contribution in [0.2, 0.25) is 0 Å². The summed E-state index contributed by atoms with van der Waals surface area (Å²) in [4.78, 5) is 33.1. The molecule has 0 fully saturated rings. The van der Waals surface area contributed by atoms with E-state index >= 15 is 0 Å². The molecular weight excluding hydrogens is 296 g/mol. The lowest BCUT2D eigenvalue weighted by molar-refractivity contribution is -0.384. The molecular formula is C12H16N4O4S. The number of primary amides is 1. The summed E-state index contributed by atoms with van der Waals surface area (Å²) in [7, 11) is 0. The maximum atomic E-state index is 12.1. The Morgan fingerprint density at radius 3 is 2.76 bits per heavy atom. The molecule has 1 rings (SSSR count). The molecule has 21 heavy (non-hydrogen) atoms. The van der Waals surface area contributed by atoms with Crippen molar-refractivity contribution in [3.63, 3.8) is 0 Å². The monoisotopic (exact) mass is 312 g/mol. The quantitative estimate of drug-likeness (QED) is 0.517. The lowest BCUT2D eigenvalue weighted by Gasteiger charge is -2.16. The number of thioether (sulfide) groups is 1. The summed E-state index contributed by atoms with van der Waals surface area (Å²) in [5.74, 6) is 0.191. The molecule has 0 saturated carbocycles. The van der Waals surface area contributed by atoms with Gasteiger partial charge in [-0.3, -0.25) is 14.9 Å². The van der Waals surface area contributed by atoms with Crippen LogP contribution in [0.4, 0.5) is 16.2 Å². The minimum atomic E-state index is -0.796. The van der Waals surface area contributed by atoms with Gasteiger partial charge in [0.05, 0.1) is 4.92 Å². The number of anilines is 1. The van der Waals surface area contributed by atoms with E-state index in [0.29, 0.717) is 12.2 Å². The van der Waals surface area contributed by atoms with Crippen LogP contribution < -0.4 is 16.4 Å². The first-order valence-corrected chi connectivity index (χ1v) is 7.43. The van der Waals surface area contributed by atoms with E-state index in [2.05, 4.69) is 10.6 Å². The Labute approximate surface area is 125 Å². The Kier molecular flexibility index (Phi) is 6.47. The molecule has 0 saturated heterocycles. The molecule has 4 N–H and O–H groups in total. The van der Waals surface area contributed by atoms with Crippen molar-refractivity contribution < 1.29 is 14.5 Å². The number of non-ortho nitro benzene ring substituents is 1. The van der Waals surface area contributed by atoms with E-state index in [9.17, 15) is 19.7 Å². The highest BCUT2D eigenvalue weighted by atomic mass is 32.2. The first-order chi connectivity index (χ1) is 9.93. The van der Waals surface area contributed by atoms with Crippen molar-refractivity contribution in [2.24, 2.45) is 5.73 Å². The van der Waals surface area contributed by atoms with Crippen LogP contribution in [0.3, 0.4) is 0 Å². The Morgan fingerprint density at radius 1 is 1.48 bits per heavy atom. The standard InChI is InChI=1S/C12H16N4O4S/c1-21-6-5-10(15-12(13)18)11(17)14-8-3-2-4-9(7-8)16(19)20/h2-4,7,10H,5-6H2,1H3,(H,14,17)(H3,13,15,18)/t10-/m0/s1. The average Bonchev–Trinajstić information content (AvgIpc) is 2.43. The molecule has 0 radical (unpaired) electrons. The summed E-state index contributed by atoms with van der Waals surface area (Å²) in [6.45, 7) is 0. The predicted molar refractivity (Wildman–Crippen MR) is 81.2 cm³/mol. The van der Waals surface area contributed by atoms with E-state index in [0.717, 1.165) is 0 Å². The van der Waals surface area contributed by atoms with Crippen molar-refractivity contribution in [1.29, 1.82) is 0 Å². The topological polar surface area (TPSA) is 127 Å².